The van der Waals surface area contributed by atoms with Crippen molar-refractivity contribution in [3.8, 4) is 0 Å². The van der Waals surface area contributed by atoms with Crippen LogP contribution in [0.5, 0.6) is 0 Å². The van der Waals surface area contributed by atoms with Gasteiger partial charge in [-0.25, -0.2) is 9.80 Å². The molecule has 2 aromatic carbocycles. The highest BCUT2D eigenvalue weighted by molar-refractivity contribution is 6.34. The maximum atomic E-state index is 11.9. The largest absolute Gasteiger partial charge is 0.399 e. The Balaban J connectivity index is 2.47. The summed E-state index contributed by atoms with van der Waals surface area (Å²) in [5, 5.41) is 1.62. The lowest BCUT2D eigenvalue weighted by atomic mass is 10.1. The first-order chi connectivity index (χ1) is 10.4. The minimum atomic E-state index is -0.650. The van der Waals surface area contributed by atoms with Gasteiger partial charge in [-0.3, -0.25) is 5.43 Å². The van der Waals surface area contributed by atoms with Gasteiger partial charge in [0.1, 0.15) is 0 Å². The van der Waals surface area contributed by atoms with Crippen molar-refractivity contribution >= 4 is 34.7 Å². The highest BCUT2D eigenvalue weighted by Crippen LogP contribution is 2.33. The molecule has 0 radical (unpaired) electrons. The maximum absolute atomic E-state index is 11.9. The van der Waals surface area contributed by atoms with Gasteiger partial charge < -0.3 is 11.5 Å². The van der Waals surface area contributed by atoms with Gasteiger partial charge in [0.25, 0.3) is 0 Å². The highest BCUT2D eigenvalue weighted by atomic mass is 35.5. The first kappa shape index (κ1) is 16.0. The molecule has 0 unspecified atom stereocenters. The predicted octanol–water partition coefficient (Wildman–Crippen LogP) is 3.71. The minimum Gasteiger partial charge on any atom is -0.399 e. The number of halogens is 1. The average Bonchev–Trinajstić information content (AvgIpc) is 2.44. The first-order valence-electron chi connectivity index (χ1n) is 6.93. The number of rotatable bonds is 4. The molecule has 2 amide bonds. The van der Waals surface area contributed by atoms with Crippen molar-refractivity contribution in [3.63, 3.8) is 0 Å². The van der Waals surface area contributed by atoms with Crippen molar-refractivity contribution in [1.82, 2.24) is 0 Å². The van der Waals surface area contributed by atoms with Crippen molar-refractivity contribution < 1.29 is 4.79 Å². The molecular weight excluding hydrogens is 300 g/mol. The van der Waals surface area contributed by atoms with Crippen LogP contribution in [0.3, 0.4) is 0 Å². The smallest absolute Gasteiger partial charge is 0.338 e. The van der Waals surface area contributed by atoms with Gasteiger partial charge in [0, 0.05) is 5.69 Å². The molecule has 22 heavy (non-hydrogen) atoms. The van der Waals surface area contributed by atoms with Gasteiger partial charge in [0.2, 0.25) is 0 Å². The molecule has 0 saturated carbocycles. The summed E-state index contributed by atoms with van der Waals surface area (Å²) in [7, 11) is 0. The fraction of sp³-hybridized carbons (Fsp3) is 0.188. The van der Waals surface area contributed by atoms with Gasteiger partial charge in [-0.05, 0) is 48.7 Å². The van der Waals surface area contributed by atoms with Crippen molar-refractivity contribution in [3.05, 3.63) is 52.5 Å². The molecule has 0 aliphatic rings. The molecule has 0 atom stereocenters. The van der Waals surface area contributed by atoms with Crippen molar-refractivity contribution in [2.24, 2.45) is 5.73 Å². The molecule has 0 spiro atoms. The van der Waals surface area contributed by atoms with E-state index in [1.54, 1.807) is 12.1 Å². The highest BCUT2D eigenvalue weighted by Gasteiger charge is 2.20. The molecule has 0 aromatic heterocycles. The third-order valence-corrected chi connectivity index (χ3v) is 3.54. The monoisotopic (exact) mass is 318 g/mol. The van der Waals surface area contributed by atoms with E-state index < -0.39 is 6.03 Å². The topological polar surface area (TPSA) is 84.4 Å². The SMILES string of the molecule is CCc1cc(N)cc(Cl)c1N(Nc1cccc(C)c1)C(N)=O. The quantitative estimate of drug-likeness (QED) is 0.593. The number of primary amides is 1. The van der Waals surface area contributed by atoms with Crippen LogP contribution < -0.4 is 21.9 Å². The Kier molecular flexibility index (Phi) is 4.78. The van der Waals surface area contributed by atoms with E-state index in [0.717, 1.165) is 16.8 Å². The van der Waals surface area contributed by atoms with E-state index in [1.807, 2.05) is 38.1 Å². The Morgan fingerprint density at radius 3 is 2.64 bits per heavy atom. The zero-order valence-electron chi connectivity index (χ0n) is 12.6. The number of amides is 2. The maximum Gasteiger partial charge on any atom is 0.338 e. The Labute approximate surface area is 134 Å². The third kappa shape index (κ3) is 3.43. The van der Waals surface area contributed by atoms with Gasteiger partial charge in [0.05, 0.1) is 16.4 Å². The van der Waals surface area contributed by atoms with E-state index in [-0.39, 0.29) is 0 Å². The van der Waals surface area contributed by atoms with Gasteiger partial charge in [0.15, 0.2) is 0 Å². The number of aryl methyl sites for hydroxylation is 2. The second-order valence-corrected chi connectivity index (χ2v) is 5.43. The van der Waals surface area contributed by atoms with Crippen LogP contribution in [0.4, 0.5) is 21.9 Å². The minimum absolute atomic E-state index is 0.371. The number of nitrogens with zero attached hydrogens (tertiary/aromatic N) is 1. The molecule has 0 aliphatic carbocycles. The lowest BCUT2D eigenvalue weighted by molar-refractivity contribution is 0.255. The summed E-state index contributed by atoms with van der Waals surface area (Å²) in [6.07, 6.45) is 0.666. The molecule has 0 bridgehead atoms. The van der Waals surface area contributed by atoms with Crippen LogP contribution in [0.2, 0.25) is 5.02 Å². The third-order valence-electron chi connectivity index (χ3n) is 3.25. The molecule has 5 nitrogen and oxygen atoms in total. The number of nitrogens with one attached hydrogen (secondary N) is 1. The number of nitrogen functional groups attached to an aromatic ring is 1. The Hall–Kier alpha value is -2.40. The molecule has 2 aromatic rings. The van der Waals surface area contributed by atoms with Gasteiger partial charge in [-0.2, -0.15) is 0 Å². The van der Waals surface area contributed by atoms with Crippen LogP contribution in [-0.2, 0) is 6.42 Å². The number of benzene rings is 2. The van der Waals surface area contributed by atoms with Gasteiger partial charge in [-0.1, -0.05) is 30.7 Å². The van der Waals surface area contributed by atoms with Crippen LogP contribution >= 0.6 is 11.6 Å². The molecule has 2 rings (SSSR count). The molecule has 116 valence electrons. The van der Waals surface area contributed by atoms with Gasteiger partial charge >= 0.3 is 6.03 Å². The fourth-order valence-electron chi connectivity index (χ4n) is 2.26. The number of nitrogens with two attached hydrogens (primary N) is 2. The van der Waals surface area contributed by atoms with Crippen molar-refractivity contribution in [1.29, 1.82) is 0 Å². The van der Waals surface area contributed by atoms with E-state index in [4.69, 9.17) is 23.1 Å². The number of urea groups is 1. The van der Waals surface area contributed by atoms with E-state index in [9.17, 15) is 4.79 Å². The Morgan fingerprint density at radius 2 is 2.05 bits per heavy atom. The van der Waals surface area contributed by atoms with Crippen molar-refractivity contribution in [2.75, 3.05) is 16.2 Å². The average molecular weight is 319 g/mol. The number of hydrogen-bond donors (Lipinski definition) is 3. The summed E-state index contributed by atoms with van der Waals surface area (Å²) in [4.78, 5) is 11.9. The lowest BCUT2D eigenvalue weighted by Gasteiger charge is -2.26. The van der Waals surface area contributed by atoms with Gasteiger partial charge in [-0.15, -0.1) is 0 Å². The summed E-state index contributed by atoms with van der Waals surface area (Å²) >= 11 is 6.28. The van der Waals surface area contributed by atoms with E-state index in [1.165, 1.54) is 5.01 Å². The zero-order chi connectivity index (χ0) is 16.3. The molecule has 6 heteroatoms. The molecule has 5 N–H and O–H groups in total. The summed E-state index contributed by atoms with van der Waals surface area (Å²) in [5.74, 6) is 0. The normalized spacial score (nSPS) is 10.3. The zero-order valence-corrected chi connectivity index (χ0v) is 13.3. The molecule has 0 saturated heterocycles. The molecular formula is C16H19ClN4O. The van der Waals surface area contributed by atoms with Crippen LogP contribution in [0, 0.1) is 6.92 Å². The second-order valence-electron chi connectivity index (χ2n) is 5.02. The second kappa shape index (κ2) is 6.58. The van der Waals surface area contributed by atoms with Crippen molar-refractivity contribution in [2.45, 2.75) is 20.3 Å². The standard InChI is InChI=1S/C16H19ClN4O/c1-3-11-8-12(18)9-14(17)15(11)21(16(19)22)20-13-6-4-5-10(2)7-13/h4-9,20H,3,18H2,1-2H3,(H2,19,22). The van der Waals surface area contributed by atoms with E-state index >= 15 is 0 Å². The van der Waals surface area contributed by atoms with Crippen LogP contribution in [0.25, 0.3) is 0 Å². The molecule has 0 aliphatic heterocycles. The Bertz CT molecular complexity index is 703. The van der Waals surface area contributed by atoms with Crippen LogP contribution in [0.15, 0.2) is 36.4 Å². The summed E-state index contributed by atoms with van der Waals surface area (Å²) in [5.41, 5.74) is 18.0. The van der Waals surface area contributed by atoms with Crippen LogP contribution in [-0.4, -0.2) is 6.03 Å². The number of anilines is 3. The first-order valence-corrected chi connectivity index (χ1v) is 7.31. The molecule has 0 fully saturated rings. The number of carbonyl (C=O) groups is 1. The fourth-order valence-corrected chi connectivity index (χ4v) is 2.60. The van der Waals surface area contributed by atoms with E-state index in [0.29, 0.717) is 22.8 Å². The van der Waals surface area contributed by atoms with Crippen LogP contribution in [0.1, 0.15) is 18.1 Å². The number of hydrogen-bond acceptors (Lipinski definition) is 3. The predicted molar refractivity (Wildman–Crippen MR) is 92.1 cm³/mol. The summed E-state index contributed by atoms with van der Waals surface area (Å²) in [6, 6.07) is 10.4. The van der Waals surface area contributed by atoms with E-state index in [2.05, 4.69) is 5.43 Å². The summed E-state index contributed by atoms with van der Waals surface area (Å²) < 4.78 is 0. The lowest BCUT2D eigenvalue weighted by Crippen LogP contribution is -2.41. The number of carbonyl (C=O) groups excluding carboxylic acids is 1. The Morgan fingerprint density at radius 1 is 1.32 bits per heavy atom. The number of hydrazine groups is 1. The summed E-state index contributed by atoms with van der Waals surface area (Å²) in [6.45, 7) is 3.92. The molecule has 0 heterocycles.